The van der Waals surface area contributed by atoms with Crippen LogP contribution in [0.1, 0.15) is 147 Å². The lowest BCUT2D eigenvalue weighted by atomic mass is 9.70. The van der Waals surface area contributed by atoms with Crippen molar-refractivity contribution in [1.82, 2.24) is 0 Å². The lowest BCUT2D eigenvalue weighted by Crippen LogP contribution is -2.24. The molecule has 36 heavy (non-hydrogen) atoms. The molecule has 0 radical (unpaired) electrons. The van der Waals surface area contributed by atoms with Gasteiger partial charge >= 0.3 is 0 Å². The molecule has 2 aliphatic rings. The van der Waals surface area contributed by atoms with Crippen molar-refractivity contribution in [3.8, 4) is 11.8 Å². The van der Waals surface area contributed by atoms with Gasteiger partial charge in [-0.1, -0.05) is 96.6 Å². The molecular formula is C34H55NO. The van der Waals surface area contributed by atoms with Gasteiger partial charge in [0.2, 0.25) is 0 Å². The summed E-state index contributed by atoms with van der Waals surface area (Å²) < 4.78 is 5.99. The SMILES string of the molecule is CCCCCCCCOc1ccc([C@H]2CC[C@H](CC(C#N)[C@H]3CC[C@H](CCCCC)CC3)CC2)cc1. The summed E-state index contributed by atoms with van der Waals surface area (Å²) in [6.07, 6.45) is 25.0. The molecule has 0 spiro atoms. The van der Waals surface area contributed by atoms with Crippen LogP contribution >= 0.6 is 0 Å². The van der Waals surface area contributed by atoms with Crippen LogP contribution in [0.2, 0.25) is 0 Å². The minimum absolute atomic E-state index is 0.297. The molecule has 1 atom stereocenters. The van der Waals surface area contributed by atoms with Gasteiger partial charge in [-0.2, -0.15) is 5.26 Å². The first-order valence-corrected chi connectivity index (χ1v) is 15.9. The lowest BCUT2D eigenvalue weighted by molar-refractivity contribution is 0.187. The fourth-order valence-corrected chi connectivity index (χ4v) is 6.91. The number of unbranched alkanes of at least 4 members (excludes halogenated alkanes) is 7. The van der Waals surface area contributed by atoms with Crippen molar-refractivity contribution in [3.05, 3.63) is 29.8 Å². The number of nitrogens with zero attached hydrogens (tertiary/aromatic N) is 1. The van der Waals surface area contributed by atoms with Crippen molar-refractivity contribution in [2.45, 2.75) is 142 Å². The first kappa shape index (κ1) is 29.1. The summed E-state index contributed by atoms with van der Waals surface area (Å²) in [7, 11) is 0. The van der Waals surface area contributed by atoms with Crippen molar-refractivity contribution in [2.75, 3.05) is 6.61 Å². The molecule has 2 fully saturated rings. The van der Waals surface area contributed by atoms with E-state index in [-0.39, 0.29) is 0 Å². The van der Waals surface area contributed by atoms with Crippen molar-refractivity contribution < 1.29 is 4.74 Å². The van der Waals surface area contributed by atoms with E-state index < -0.39 is 0 Å². The molecule has 0 amide bonds. The van der Waals surface area contributed by atoms with E-state index in [0.717, 1.165) is 30.6 Å². The zero-order chi connectivity index (χ0) is 25.4. The molecular weight excluding hydrogens is 438 g/mol. The van der Waals surface area contributed by atoms with E-state index in [9.17, 15) is 5.26 Å². The summed E-state index contributed by atoms with van der Waals surface area (Å²) in [5.74, 6) is 4.37. The number of benzene rings is 1. The molecule has 1 aromatic rings. The van der Waals surface area contributed by atoms with Crippen LogP contribution in [0, 0.1) is 35.0 Å². The van der Waals surface area contributed by atoms with Crippen LogP contribution in [0.3, 0.4) is 0 Å². The lowest BCUT2D eigenvalue weighted by Gasteiger charge is -2.34. The number of hydrogen-bond acceptors (Lipinski definition) is 2. The summed E-state index contributed by atoms with van der Waals surface area (Å²) in [4.78, 5) is 0. The number of rotatable bonds is 16. The molecule has 0 N–H and O–H groups in total. The van der Waals surface area contributed by atoms with Crippen molar-refractivity contribution in [2.24, 2.45) is 23.7 Å². The Morgan fingerprint density at radius 1 is 0.750 bits per heavy atom. The molecule has 0 aliphatic heterocycles. The molecule has 0 bridgehead atoms. The Morgan fingerprint density at radius 2 is 1.36 bits per heavy atom. The van der Waals surface area contributed by atoms with E-state index >= 15 is 0 Å². The zero-order valence-electron chi connectivity index (χ0n) is 23.7. The summed E-state index contributed by atoms with van der Waals surface area (Å²) in [5.41, 5.74) is 1.48. The Kier molecular flexibility index (Phi) is 13.8. The van der Waals surface area contributed by atoms with Crippen LogP contribution in [0.15, 0.2) is 24.3 Å². The van der Waals surface area contributed by atoms with E-state index in [1.54, 1.807) is 0 Å². The smallest absolute Gasteiger partial charge is 0.119 e. The first-order valence-electron chi connectivity index (χ1n) is 15.9. The Hall–Kier alpha value is -1.49. The second-order valence-electron chi connectivity index (χ2n) is 12.2. The van der Waals surface area contributed by atoms with Crippen LogP contribution < -0.4 is 4.74 Å². The van der Waals surface area contributed by atoms with Crippen LogP contribution in [0.4, 0.5) is 0 Å². The second kappa shape index (κ2) is 17.1. The van der Waals surface area contributed by atoms with Gasteiger partial charge in [-0.05, 0) is 92.7 Å². The Morgan fingerprint density at radius 3 is 2.03 bits per heavy atom. The molecule has 2 nitrogen and oxygen atoms in total. The number of nitriles is 1. The summed E-state index contributed by atoms with van der Waals surface area (Å²) in [6, 6.07) is 11.7. The van der Waals surface area contributed by atoms with Gasteiger partial charge in [0, 0.05) is 5.92 Å². The maximum Gasteiger partial charge on any atom is 0.119 e. The summed E-state index contributed by atoms with van der Waals surface area (Å²) in [5, 5.41) is 9.97. The van der Waals surface area contributed by atoms with E-state index in [1.807, 2.05) is 0 Å². The minimum Gasteiger partial charge on any atom is -0.494 e. The average molecular weight is 494 g/mol. The van der Waals surface area contributed by atoms with Crippen molar-refractivity contribution >= 4 is 0 Å². The van der Waals surface area contributed by atoms with Gasteiger partial charge in [0.1, 0.15) is 5.75 Å². The van der Waals surface area contributed by atoms with E-state index in [2.05, 4.69) is 44.2 Å². The van der Waals surface area contributed by atoms with Crippen LogP contribution in [-0.2, 0) is 0 Å². The van der Waals surface area contributed by atoms with E-state index in [0.29, 0.717) is 17.8 Å². The second-order valence-corrected chi connectivity index (χ2v) is 12.2. The molecule has 1 unspecified atom stereocenters. The topological polar surface area (TPSA) is 33.0 Å². The predicted molar refractivity (Wildman–Crippen MR) is 153 cm³/mol. The summed E-state index contributed by atoms with van der Waals surface area (Å²) in [6.45, 7) is 5.41. The molecule has 0 aromatic heterocycles. The predicted octanol–water partition coefficient (Wildman–Crippen LogP) is 10.6. The number of ether oxygens (including phenoxy) is 1. The monoisotopic (exact) mass is 493 g/mol. The van der Waals surface area contributed by atoms with Crippen molar-refractivity contribution in [3.63, 3.8) is 0 Å². The summed E-state index contributed by atoms with van der Waals surface area (Å²) >= 11 is 0. The molecule has 2 heteroatoms. The molecule has 2 aliphatic carbocycles. The van der Waals surface area contributed by atoms with Gasteiger partial charge in [-0.15, -0.1) is 0 Å². The molecule has 202 valence electrons. The van der Waals surface area contributed by atoms with Gasteiger partial charge in [-0.25, -0.2) is 0 Å². The Labute approximate surface area is 223 Å². The maximum atomic E-state index is 9.97. The van der Waals surface area contributed by atoms with Gasteiger partial charge in [0.15, 0.2) is 0 Å². The quantitative estimate of drug-likeness (QED) is 0.214. The van der Waals surface area contributed by atoms with Gasteiger partial charge in [-0.3, -0.25) is 0 Å². The van der Waals surface area contributed by atoms with Crippen molar-refractivity contribution in [1.29, 1.82) is 5.26 Å². The highest BCUT2D eigenvalue weighted by Gasteiger charge is 2.31. The first-order chi connectivity index (χ1) is 17.7. The highest BCUT2D eigenvalue weighted by atomic mass is 16.5. The molecule has 0 saturated heterocycles. The van der Waals surface area contributed by atoms with E-state index in [4.69, 9.17) is 4.74 Å². The highest BCUT2D eigenvalue weighted by molar-refractivity contribution is 5.29. The van der Waals surface area contributed by atoms with Crippen LogP contribution in [0.5, 0.6) is 5.75 Å². The molecule has 1 aromatic carbocycles. The van der Waals surface area contributed by atoms with Crippen LogP contribution in [-0.4, -0.2) is 6.61 Å². The van der Waals surface area contributed by atoms with Crippen LogP contribution in [0.25, 0.3) is 0 Å². The largest absolute Gasteiger partial charge is 0.494 e. The minimum atomic E-state index is 0.297. The van der Waals surface area contributed by atoms with Gasteiger partial charge in [0.05, 0.1) is 12.7 Å². The maximum absolute atomic E-state index is 9.97. The third kappa shape index (κ3) is 10.1. The fraction of sp³-hybridized carbons (Fsp3) is 0.794. The highest BCUT2D eigenvalue weighted by Crippen LogP contribution is 2.42. The third-order valence-electron chi connectivity index (χ3n) is 9.39. The molecule has 3 rings (SSSR count). The normalized spacial score (nSPS) is 25.2. The fourth-order valence-electron chi connectivity index (χ4n) is 6.91. The Bertz CT molecular complexity index is 719. The van der Waals surface area contributed by atoms with Gasteiger partial charge < -0.3 is 4.74 Å². The molecule has 2 saturated carbocycles. The van der Waals surface area contributed by atoms with Gasteiger partial charge in [0.25, 0.3) is 0 Å². The Balaban J connectivity index is 1.32. The third-order valence-corrected chi connectivity index (χ3v) is 9.39. The number of hydrogen-bond donors (Lipinski definition) is 0. The zero-order valence-corrected chi connectivity index (χ0v) is 23.7. The standard InChI is InChI=1S/C34H55NO/c1-3-5-7-8-9-11-25-36-34-23-21-31(22-24-34)30-19-15-29(16-20-30)26-33(27-35)32-17-13-28(14-18-32)12-10-6-4-2/h21-24,28-30,32-33H,3-20,25-26H2,1-2H3/t28-,29-,30-,32-,33?. The average Bonchev–Trinajstić information content (AvgIpc) is 2.92. The molecule has 0 heterocycles. The van der Waals surface area contributed by atoms with E-state index in [1.165, 1.54) is 121 Å².